The molecule has 2 atom stereocenters. The molecule has 0 aliphatic carbocycles. The molecule has 0 saturated carbocycles. The zero-order valence-corrected chi connectivity index (χ0v) is 19.3. The van der Waals surface area contributed by atoms with Crippen molar-refractivity contribution >= 4 is 14.1 Å². The van der Waals surface area contributed by atoms with Gasteiger partial charge in [0.2, 0.25) is 0 Å². The molecule has 142 valence electrons. The van der Waals surface area contributed by atoms with Crippen LogP contribution in [0.4, 0.5) is 0 Å². The molecule has 0 aliphatic rings. The Hall–Kier alpha value is -0.680. The molecule has 2 heteroatoms. The minimum Gasteiger partial charge on any atom is -0.289 e. The standard InChI is InChI=1S/C23H39OP/c1-12-15(2)25-20(24)19-17(22(6,7)8)13-16(21(3,4)5)14-18(19)23(9,10)11/h13-15,25H,12H2,1-11H3. The Bertz CT molecular complexity index is 586. The predicted octanol–water partition coefficient (Wildman–Crippen LogP) is 7.20. The van der Waals surface area contributed by atoms with Crippen LogP contribution in [0.25, 0.3) is 0 Å². The summed E-state index contributed by atoms with van der Waals surface area (Å²) in [6.07, 6.45) is 1.06. The first kappa shape index (κ1) is 22.4. The third kappa shape index (κ3) is 5.65. The molecule has 0 amide bonds. The highest BCUT2D eigenvalue weighted by Crippen LogP contribution is 2.41. The summed E-state index contributed by atoms with van der Waals surface area (Å²) in [4.78, 5) is 13.3. The highest BCUT2D eigenvalue weighted by atomic mass is 31.1. The SMILES string of the molecule is CCC(C)PC(=O)c1c(C(C)(C)C)cc(C(C)(C)C)cc1C(C)(C)C. The van der Waals surface area contributed by atoms with Crippen LogP contribution >= 0.6 is 8.58 Å². The van der Waals surface area contributed by atoms with Gasteiger partial charge in [0.1, 0.15) is 0 Å². The van der Waals surface area contributed by atoms with Gasteiger partial charge in [-0.2, -0.15) is 0 Å². The van der Waals surface area contributed by atoms with Crippen molar-refractivity contribution in [1.82, 2.24) is 0 Å². The van der Waals surface area contributed by atoms with Crippen LogP contribution in [0.5, 0.6) is 0 Å². The maximum absolute atomic E-state index is 13.3. The fourth-order valence-electron chi connectivity index (χ4n) is 2.90. The average Bonchev–Trinajstić information content (AvgIpc) is 2.42. The smallest absolute Gasteiger partial charge is 0.181 e. The highest BCUT2D eigenvalue weighted by Gasteiger charge is 2.32. The lowest BCUT2D eigenvalue weighted by atomic mass is 9.72. The van der Waals surface area contributed by atoms with Crippen molar-refractivity contribution in [3.05, 3.63) is 34.4 Å². The largest absolute Gasteiger partial charge is 0.289 e. The predicted molar refractivity (Wildman–Crippen MR) is 115 cm³/mol. The Kier molecular flexibility index (Phi) is 6.72. The summed E-state index contributed by atoms with van der Waals surface area (Å²) in [6, 6.07) is 4.59. The molecule has 2 unspecified atom stereocenters. The fraction of sp³-hybridized carbons (Fsp3) is 0.696. The molecule has 0 saturated heterocycles. The summed E-state index contributed by atoms with van der Waals surface area (Å²) in [5.41, 5.74) is 5.51. The summed E-state index contributed by atoms with van der Waals surface area (Å²) in [5, 5.41) is 0. The van der Waals surface area contributed by atoms with Crippen molar-refractivity contribution in [2.45, 2.75) is 104 Å². The summed E-state index contributed by atoms with van der Waals surface area (Å²) in [7, 11) is 0.353. The van der Waals surface area contributed by atoms with E-state index in [0.29, 0.717) is 19.8 Å². The van der Waals surface area contributed by atoms with E-state index >= 15 is 0 Å². The topological polar surface area (TPSA) is 17.1 Å². The average molecular weight is 363 g/mol. The van der Waals surface area contributed by atoms with Crippen molar-refractivity contribution in [1.29, 1.82) is 0 Å². The van der Waals surface area contributed by atoms with Gasteiger partial charge in [-0.05, 0) is 53.6 Å². The lowest BCUT2D eigenvalue weighted by molar-refractivity contribution is 0.108. The van der Waals surface area contributed by atoms with Gasteiger partial charge in [0.15, 0.2) is 5.52 Å². The molecular formula is C23H39OP. The summed E-state index contributed by atoms with van der Waals surface area (Å²) in [5.74, 6) is 0. The number of carbonyl (C=O) groups is 1. The first-order valence-corrected chi connectivity index (χ1v) is 10.7. The summed E-state index contributed by atoms with van der Waals surface area (Å²) >= 11 is 0. The molecule has 0 radical (unpaired) electrons. The van der Waals surface area contributed by atoms with Crippen molar-refractivity contribution in [3.8, 4) is 0 Å². The van der Waals surface area contributed by atoms with Gasteiger partial charge in [0.25, 0.3) is 0 Å². The maximum Gasteiger partial charge on any atom is 0.181 e. The van der Waals surface area contributed by atoms with Gasteiger partial charge in [-0.15, -0.1) is 0 Å². The Morgan fingerprint density at radius 3 is 1.56 bits per heavy atom. The zero-order chi connectivity index (χ0) is 19.8. The molecule has 1 rings (SSSR count). The van der Waals surface area contributed by atoms with Crippen LogP contribution < -0.4 is 0 Å². The van der Waals surface area contributed by atoms with E-state index in [1.165, 1.54) is 16.7 Å². The van der Waals surface area contributed by atoms with Crippen LogP contribution in [0, 0.1) is 0 Å². The molecule has 0 aliphatic heterocycles. The van der Waals surface area contributed by atoms with E-state index in [1.807, 2.05) is 0 Å². The first-order chi connectivity index (χ1) is 11.1. The Morgan fingerprint density at radius 1 is 0.880 bits per heavy atom. The van der Waals surface area contributed by atoms with Gasteiger partial charge in [-0.1, -0.05) is 88.3 Å². The van der Waals surface area contributed by atoms with E-state index in [2.05, 4.69) is 88.3 Å². The third-order valence-corrected chi connectivity index (χ3v) is 6.25. The van der Waals surface area contributed by atoms with Gasteiger partial charge < -0.3 is 0 Å². The van der Waals surface area contributed by atoms with Gasteiger partial charge in [0.05, 0.1) is 0 Å². The van der Waals surface area contributed by atoms with Crippen molar-refractivity contribution < 1.29 is 4.79 Å². The molecule has 1 aromatic rings. The van der Waals surface area contributed by atoms with Crippen LogP contribution in [0.15, 0.2) is 12.1 Å². The van der Waals surface area contributed by atoms with Crippen molar-refractivity contribution in [2.75, 3.05) is 0 Å². The van der Waals surface area contributed by atoms with Crippen LogP contribution in [-0.2, 0) is 16.2 Å². The van der Waals surface area contributed by atoms with E-state index in [1.54, 1.807) is 0 Å². The van der Waals surface area contributed by atoms with E-state index in [4.69, 9.17) is 0 Å². The first-order valence-electron chi connectivity index (χ1n) is 9.59. The van der Waals surface area contributed by atoms with Crippen LogP contribution in [0.2, 0.25) is 0 Å². The highest BCUT2D eigenvalue weighted by molar-refractivity contribution is 7.59. The third-order valence-electron chi connectivity index (χ3n) is 4.84. The van der Waals surface area contributed by atoms with E-state index in [-0.39, 0.29) is 16.2 Å². The fourth-order valence-corrected chi connectivity index (χ4v) is 3.97. The molecule has 25 heavy (non-hydrogen) atoms. The monoisotopic (exact) mass is 362 g/mol. The van der Waals surface area contributed by atoms with Crippen LogP contribution in [0.3, 0.4) is 0 Å². The molecule has 0 bridgehead atoms. The van der Waals surface area contributed by atoms with Crippen LogP contribution in [0.1, 0.15) is 110 Å². The number of carbonyl (C=O) groups excluding carboxylic acids is 1. The minimum atomic E-state index is -0.0494. The van der Waals surface area contributed by atoms with Crippen LogP contribution in [-0.4, -0.2) is 11.2 Å². The summed E-state index contributed by atoms with van der Waals surface area (Å²) < 4.78 is 0. The van der Waals surface area contributed by atoms with Crippen molar-refractivity contribution in [3.63, 3.8) is 0 Å². The van der Waals surface area contributed by atoms with Crippen molar-refractivity contribution in [2.24, 2.45) is 0 Å². The second kappa shape index (κ2) is 7.51. The Labute approximate surface area is 158 Å². The second-order valence-corrected chi connectivity index (χ2v) is 12.2. The number of hydrogen-bond donors (Lipinski definition) is 0. The molecule has 0 fully saturated rings. The van der Waals surface area contributed by atoms with Gasteiger partial charge in [-0.25, -0.2) is 0 Å². The Morgan fingerprint density at radius 2 is 1.28 bits per heavy atom. The van der Waals surface area contributed by atoms with E-state index in [0.717, 1.165) is 12.0 Å². The minimum absolute atomic E-state index is 0.0494. The summed E-state index contributed by atoms with van der Waals surface area (Å²) in [6.45, 7) is 24.5. The molecular weight excluding hydrogens is 323 g/mol. The van der Waals surface area contributed by atoms with Gasteiger partial charge in [0, 0.05) is 5.56 Å². The molecule has 1 nitrogen and oxygen atoms in total. The lowest BCUT2D eigenvalue weighted by Crippen LogP contribution is -2.26. The second-order valence-electron chi connectivity index (χ2n) is 10.5. The number of benzene rings is 1. The van der Waals surface area contributed by atoms with Gasteiger partial charge in [-0.3, -0.25) is 4.79 Å². The molecule has 0 N–H and O–H groups in total. The number of hydrogen-bond acceptors (Lipinski definition) is 1. The Balaban J connectivity index is 3.80. The lowest BCUT2D eigenvalue weighted by Gasteiger charge is -2.33. The van der Waals surface area contributed by atoms with E-state index in [9.17, 15) is 4.79 Å². The molecule has 0 spiro atoms. The molecule has 0 aromatic heterocycles. The van der Waals surface area contributed by atoms with Gasteiger partial charge >= 0.3 is 0 Å². The zero-order valence-electron chi connectivity index (χ0n) is 18.3. The molecule has 1 aromatic carbocycles. The quantitative estimate of drug-likeness (QED) is 0.518. The molecule has 0 heterocycles. The van der Waals surface area contributed by atoms with E-state index < -0.39 is 0 Å². The number of rotatable bonds is 4. The normalized spacial score (nSPS) is 15.0. The maximum atomic E-state index is 13.3.